The van der Waals surface area contributed by atoms with E-state index in [1.807, 2.05) is 42.5 Å². The molecule has 116 valence electrons. The van der Waals surface area contributed by atoms with E-state index in [1.165, 1.54) is 0 Å². The van der Waals surface area contributed by atoms with E-state index in [0.717, 1.165) is 17.7 Å². The summed E-state index contributed by atoms with van der Waals surface area (Å²) in [6, 6.07) is 17.2. The van der Waals surface area contributed by atoms with Crippen molar-refractivity contribution in [3.63, 3.8) is 0 Å². The summed E-state index contributed by atoms with van der Waals surface area (Å²) in [4.78, 5) is 12.1. The van der Waals surface area contributed by atoms with Crippen LogP contribution in [0.1, 0.15) is 36.2 Å². The van der Waals surface area contributed by atoms with Gasteiger partial charge in [0, 0.05) is 12.1 Å². The zero-order valence-electron chi connectivity index (χ0n) is 13.2. The van der Waals surface area contributed by atoms with Gasteiger partial charge in [0.15, 0.2) is 0 Å². The summed E-state index contributed by atoms with van der Waals surface area (Å²) in [7, 11) is 0. The van der Waals surface area contributed by atoms with E-state index in [9.17, 15) is 4.79 Å². The van der Waals surface area contributed by atoms with Crippen LogP contribution in [0.3, 0.4) is 0 Å². The predicted octanol–water partition coefficient (Wildman–Crippen LogP) is 4.04. The first-order valence-corrected chi connectivity index (χ1v) is 7.70. The van der Waals surface area contributed by atoms with Gasteiger partial charge in [-0.05, 0) is 42.2 Å². The molecule has 2 aromatic carbocycles. The Bertz CT molecular complexity index is 576. The quantitative estimate of drug-likeness (QED) is 0.837. The second-order valence-electron chi connectivity index (χ2n) is 5.72. The molecule has 0 aliphatic heterocycles. The van der Waals surface area contributed by atoms with Crippen LogP contribution in [0.5, 0.6) is 5.75 Å². The SMILES string of the molecule is CC(C)CCOc1ccc(C(=O)NCc2ccccc2)cc1. The number of hydrogen-bond donors (Lipinski definition) is 1. The van der Waals surface area contributed by atoms with Crippen molar-refractivity contribution < 1.29 is 9.53 Å². The van der Waals surface area contributed by atoms with Gasteiger partial charge in [-0.3, -0.25) is 4.79 Å². The summed E-state index contributed by atoms with van der Waals surface area (Å²) in [6.45, 7) is 5.58. The van der Waals surface area contributed by atoms with Crippen LogP contribution in [0.25, 0.3) is 0 Å². The molecular weight excluding hydrogens is 274 g/mol. The van der Waals surface area contributed by atoms with Gasteiger partial charge >= 0.3 is 0 Å². The minimum absolute atomic E-state index is 0.0717. The topological polar surface area (TPSA) is 38.3 Å². The van der Waals surface area contributed by atoms with E-state index in [2.05, 4.69) is 19.2 Å². The van der Waals surface area contributed by atoms with E-state index in [0.29, 0.717) is 24.6 Å². The van der Waals surface area contributed by atoms with Crippen LogP contribution in [0.2, 0.25) is 0 Å². The summed E-state index contributed by atoms with van der Waals surface area (Å²) in [5.41, 5.74) is 1.73. The minimum Gasteiger partial charge on any atom is -0.494 e. The largest absolute Gasteiger partial charge is 0.494 e. The Morgan fingerprint density at radius 2 is 1.73 bits per heavy atom. The van der Waals surface area contributed by atoms with Crippen LogP contribution < -0.4 is 10.1 Å². The average molecular weight is 297 g/mol. The van der Waals surface area contributed by atoms with Gasteiger partial charge in [-0.15, -0.1) is 0 Å². The maximum Gasteiger partial charge on any atom is 0.251 e. The summed E-state index contributed by atoms with van der Waals surface area (Å²) in [5.74, 6) is 1.36. The molecule has 2 aromatic rings. The zero-order chi connectivity index (χ0) is 15.8. The third-order valence-corrected chi connectivity index (χ3v) is 3.38. The Kier molecular flexibility index (Phi) is 6.01. The Morgan fingerprint density at radius 3 is 2.36 bits per heavy atom. The Labute approximate surface area is 132 Å². The molecule has 3 heteroatoms. The van der Waals surface area contributed by atoms with Crippen LogP contribution in [0, 0.1) is 5.92 Å². The summed E-state index contributed by atoms with van der Waals surface area (Å²) in [5, 5.41) is 2.91. The lowest BCUT2D eigenvalue weighted by atomic mass is 10.1. The van der Waals surface area contributed by atoms with Crippen molar-refractivity contribution in [3.05, 3.63) is 65.7 Å². The van der Waals surface area contributed by atoms with Gasteiger partial charge in [0.05, 0.1) is 6.61 Å². The third kappa shape index (κ3) is 5.24. The molecule has 0 aromatic heterocycles. The van der Waals surface area contributed by atoms with Gasteiger partial charge in [0.1, 0.15) is 5.75 Å². The first-order valence-electron chi connectivity index (χ1n) is 7.70. The lowest BCUT2D eigenvalue weighted by Crippen LogP contribution is -2.22. The van der Waals surface area contributed by atoms with E-state index in [1.54, 1.807) is 12.1 Å². The smallest absolute Gasteiger partial charge is 0.251 e. The fourth-order valence-corrected chi connectivity index (χ4v) is 2.00. The van der Waals surface area contributed by atoms with Crippen molar-refractivity contribution in [2.75, 3.05) is 6.61 Å². The molecule has 0 spiro atoms. The van der Waals surface area contributed by atoms with Gasteiger partial charge in [-0.25, -0.2) is 0 Å². The van der Waals surface area contributed by atoms with Crippen LogP contribution in [-0.4, -0.2) is 12.5 Å². The van der Waals surface area contributed by atoms with Gasteiger partial charge in [0.2, 0.25) is 0 Å². The van der Waals surface area contributed by atoms with Crippen molar-refractivity contribution in [3.8, 4) is 5.75 Å². The number of amides is 1. The highest BCUT2D eigenvalue weighted by Crippen LogP contribution is 2.13. The van der Waals surface area contributed by atoms with Crippen LogP contribution in [0.4, 0.5) is 0 Å². The highest BCUT2D eigenvalue weighted by molar-refractivity contribution is 5.94. The number of nitrogens with one attached hydrogen (secondary N) is 1. The van der Waals surface area contributed by atoms with Crippen LogP contribution >= 0.6 is 0 Å². The molecule has 0 aliphatic carbocycles. The van der Waals surface area contributed by atoms with Gasteiger partial charge in [-0.2, -0.15) is 0 Å². The number of hydrogen-bond acceptors (Lipinski definition) is 2. The molecule has 1 N–H and O–H groups in total. The van der Waals surface area contributed by atoms with Crippen molar-refractivity contribution in [2.45, 2.75) is 26.8 Å². The predicted molar refractivity (Wildman–Crippen MR) is 89.0 cm³/mol. The number of benzene rings is 2. The fourth-order valence-electron chi connectivity index (χ4n) is 2.00. The normalized spacial score (nSPS) is 10.5. The lowest BCUT2D eigenvalue weighted by molar-refractivity contribution is 0.0951. The van der Waals surface area contributed by atoms with E-state index in [4.69, 9.17) is 4.74 Å². The molecule has 0 saturated heterocycles. The summed E-state index contributed by atoms with van der Waals surface area (Å²) in [6.07, 6.45) is 1.03. The molecule has 3 nitrogen and oxygen atoms in total. The molecular formula is C19H23NO2. The molecule has 0 heterocycles. The highest BCUT2D eigenvalue weighted by Gasteiger charge is 2.05. The Morgan fingerprint density at radius 1 is 1.05 bits per heavy atom. The molecule has 22 heavy (non-hydrogen) atoms. The van der Waals surface area contributed by atoms with Crippen molar-refractivity contribution in [1.29, 1.82) is 0 Å². The number of carbonyl (C=O) groups excluding carboxylic acids is 1. The summed E-state index contributed by atoms with van der Waals surface area (Å²) >= 11 is 0. The van der Waals surface area contributed by atoms with Gasteiger partial charge in [0.25, 0.3) is 5.91 Å². The Balaban J connectivity index is 1.83. The molecule has 0 radical (unpaired) electrons. The summed E-state index contributed by atoms with van der Waals surface area (Å²) < 4.78 is 5.65. The van der Waals surface area contributed by atoms with E-state index in [-0.39, 0.29) is 5.91 Å². The van der Waals surface area contributed by atoms with Crippen molar-refractivity contribution in [1.82, 2.24) is 5.32 Å². The molecule has 0 bridgehead atoms. The zero-order valence-corrected chi connectivity index (χ0v) is 13.2. The number of carbonyl (C=O) groups is 1. The number of rotatable bonds is 7. The van der Waals surface area contributed by atoms with E-state index >= 15 is 0 Å². The molecule has 0 aliphatic rings. The minimum atomic E-state index is -0.0717. The van der Waals surface area contributed by atoms with Gasteiger partial charge < -0.3 is 10.1 Å². The van der Waals surface area contributed by atoms with Crippen molar-refractivity contribution >= 4 is 5.91 Å². The first-order chi connectivity index (χ1) is 10.6. The molecule has 0 saturated carbocycles. The third-order valence-electron chi connectivity index (χ3n) is 3.38. The second-order valence-corrected chi connectivity index (χ2v) is 5.72. The van der Waals surface area contributed by atoms with Crippen LogP contribution in [-0.2, 0) is 6.54 Å². The first kappa shape index (κ1) is 16.1. The molecule has 0 unspecified atom stereocenters. The molecule has 0 atom stereocenters. The number of ether oxygens (including phenoxy) is 1. The molecule has 0 fully saturated rings. The van der Waals surface area contributed by atoms with Crippen LogP contribution in [0.15, 0.2) is 54.6 Å². The van der Waals surface area contributed by atoms with Crippen molar-refractivity contribution in [2.24, 2.45) is 5.92 Å². The van der Waals surface area contributed by atoms with Gasteiger partial charge in [-0.1, -0.05) is 44.2 Å². The molecule has 1 amide bonds. The average Bonchev–Trinajstić information content (AvgIpc) is 2.54. The highest BCUT2D eigenvalue weighted by atomic mass is 16.5. The lowest BCUT2D eigenvalue weighted by Gasteiger charge is -2.09. The fraction of sp³-hybridized carbons (Fsp3) is 0.316. The maximum atomic E-state index is 12.1. The monoisotopic (exact) mass is 297 g/mol. The maximum absolute atomic E-state index is 12.1. The second kappa shape index (κ2) is 8.23. The van der Waals surface area contributed by atoms with E-state index < -0.39 is 0 Å². The molecule has 2 rings (SSSR count). The Hall–Kier alpha value is -2.29. The standard InChI is InChI=1S/C19H23NO2/c1-15(2)12-13-22-18-10-8-17(9-11-18)19(21)20-14-16-6-4-3-5-7-16/h3-11,15H,12-14H2,1-2H3,(H,20,21).